The largest absolute Gasteiger partial charge is 0.396 e. The molecule has 0 radical (unpaired) electrons. The normalized spacial score (nSPS) is 27.1. The van der Waals surface area contributed by atoms with Crippen molar-refractivity contribution in [1.82, 2.24) is 0 Å². The van der Waals surface area contributed by atoms with Crippen LogP contribution < -0.4 is 0 Å². The van der Waals surface area contributed by atoms with E-state index < -0.39 is 10.8 Å². The maximum absolute atomic E-state index is 9.68. The number of hydrogen-bond acceptors (Lipinski definition) is 9. The van der Waals surface area contributed by atoms with Gasteiger partial charge in [-0.15, -0.1) is 0 Å². The third-order valence-electron chi connectivity index (χ3n) is 6.70. The minimum Gasteiger partial charge on any atom is -0.396 e. The fraction of sp³-hybridized carbons (Fsp3) is 1.00. The van der Waals surface area contributed by atoms with E-state index in [1.807, 2.05) is 6.92 Å². The van der Waals surface area contributed by atoms with Gasteiger partial charge in [0.05, 0.1) is 77.8 Å². The number of rotatable bonds is 15. The van der Waals surface area contributed by atoms with Gasteiger partial charge in [0.25, 0.3) is 0 Å². The molecular weight excluding hydrogens is 396 g/mol. The fourth-order valence-corrected chi connectivity index (χ4v) is 4.07. The maximum Gasteiger partial charge on any atom is 0.0815 e. The van der Waals surface area contributed by atoms with Gasteiger partial charge in [0.15, 0.2) is 0 Å². The van der Waals surface area contributed by atoms with Crippen molar-refractivity contribution in [2.45, 2.75) is 57.3 Å². The monoisotopic (exact) mass is 436 g/mol. The van der Waals surface area contributed by atoms with Crippen molar-refractivity contribution in [3.63, 3.8) is 0 Å². The first-order chi connectivity index (χ1) is 14.4. The van der Waals surface area contributed by atoms with Gasteiger partial charge >= 0.3 is 0 Å². The summed E-state index contributed by atoms with van der Waals surface area (Å²) < 4.78 is 16.2. The fourth-order valence-electron chi connectivity index (χ4n) is 4.07. The van der Waals surface area contributed by atoms with Crippen LogP contribution in [0.15, 0.2) is 0 Å². The predicted molar refractivity (Wildman–Crippen MR) is 108 cm³/mol. The molecule has 0 aromatic carbocycles. The average Bonchev–Trinajstić information content (AvgIpc) is 3.60. The molecule has 3 unspecified atom stereocenters. The van der Waals surface area contributed by atoms with E-state index >= 15 is 0 Å². The molecule has 3 aliphatic heterocycles. The Morgan fingerprint density at radius 1 is 0.567 bits per heavy atom. The molecule has 3 atom stereocenters. The van der Waals surface area contributed by atoms with Gasteiger partial charge in [-0.25, -0.2) is 0 Å². The zero-order chi connectivity index (χ0) is 22.3. The molecule has 0 saturated carbocycles. The molecule has 0 amide bonds. The molecule has 0 spiro atoms. The zero-order valence-corrected chi connectivity index (χ0v) is 18.0. The van der Waals surface area contributed by atoms with E-state index in [1.54, 1.807) is 0 Å². The average molecular weight is 437 g/mol. The summed E-state index contributed by atoms with van der Waals surface area (Å²) in [6.45, 7) is 3.04. The molecular formula is C21H40O9. The number of aliphatic hydroxyl groups is 6. The molecule has 3 fully saturated rings. The quantitative estimate of drug-likeness (QED) is 0.178. The summed E-state index contributed by atoms with van der Waals surface area (Å²) in [5.41, 5.74) is -1.63. The van der Waals surface area contributed by atoms with Crippen LogP contribution in [0.5, 0.6) is 0 Å². The van der Waals surface area contributed by atoms with Crippen LogP contribution in [0.2, 0.25) is 0 Å². The molecule has 3 saturated heterocycles. The number of hydrogen-bond donors (Lipinski definition) is 6. The lowest BCUT2D eigenvalue weighted by molar-refractivity contribution is -0.0426. The van der Waals surface area contributed by atoms with Gasteiger partial charge in [-0.05, 0) is 37.5 Å². The smallest absolute Gasteiger partial charge is 0.0815 e. The molecule has 3 aliphatic rings. The Hall–Kier alpha value is -0.360. The van der Waals surface area contributed by atoms with Crippen LogP contribution in [0.1, 0.15) is 39.0 Å². The highest BCUT2D eigenvalue weighted by Gasteiger charge is 2.49. The van der Waals surface area contributed by atoms with Crippen molar-refractivity contribution in [3.8, 4) is 0 Å². The minimum atomic E-state index is -0.849. The van der Waals surface area contributed by atoms with Crippen LogP contribution in [0.3, 0.4) is 0 Å². The zero-order valence-electron chi connectivity index (χ0n) is 18.0. The highest BCUT2D eigenvalue weighted by molar-refractivity contribution is 4.98. The molecule has 9 nitrogen and oxygen atoms in total. The lowest BCUT2D eigenvalue weighted by Crippen LogP contribution is -2.42. The molecule has 0 aliphatic carbocycles. The van der Waals surface area contributed by atoms with Crippen LogP contribution in [0.4, 0.5) is 0 Å². The van der Waals surface area contributed by atoms with E-state index in [1.165, 1.54) is 0 Å². The third-order valence-corrected chi connectivity index (χ3v) is 6.70. The number of aliphatic hydroxyl groups excluding tert-OH is 6. The van der Waals surface area contributed by atoms with Crippen LogP contribution in [0.25, 0.3) is 0 Å². The maximum atomic E-state index is 9.68. The van der Waals surface area contributed by atoms with Gasteiger partial charge in [0, 0.05) is 10.8 Å². The van der Waals surface area contributed by atoms with Crippen LogP contribution >= 0.6 is 0 Å². The van der Waals surface area contributed by atoms with Gasteiger partial charge in [-0.2, -0.15) is 0 Å². The summed E-state index contributed by atoms with van der Waals surface area (Å²) in [5.74, 6) is 0. The summed E-state index contributed by atoms with van der Waals surface area (Å²) in [6.07, 6.45) is 4.60. The van der Waals surface area contributed by atoms with Crippen molar-refractivity contribution in [2.24, 2.45) is 16.2 Å². The van der Waals surface area contributed by atoms with Crippen molar-refractivity contribution in [1.29, 1.82) is 0 Å². The van der Waals surface area contributed by atoms with E-state index in [2.05, 4.69) is 0 Å². The topological polar surface area (TPSA) is 159 Å². The second-order valence-electron chi connectivity index (χ2n) is 9.46. The Morgan fingerprint density at radius 2 is 0.867 bits per heavy atom. The molecule has 0 bridgehead atoms. The van der Waals surface area contributed by atoms with E-state index in [0.29, 0.717) is 12.8 Å². The van der Waals surface area contributed by atoms with Crippen molar-refractivity contribution < 1.29 is 44.8 Å². The minimum absolute atomic E-state index is 0.113. The van der Waals surface area contributed by atoms with E-state index in [9.17, 15) is 15.3 Å². The Balaban J connectivity index is 0.000000303. The van der Waals surface area contributed by atoms with Gasteiger partial charge in [0.1, 0.15) is 0 Å². The lowest BCUT2D eigenvalue weighted by atomic mass is 9.65. The molecule has 3 heterocycles. The van der Waals surface area contributed by atoms with Gasteiger partial charge < -0.3 is 44.8 Å². The number of epoxide rings is 3. The summed E-state index contributed by atoms with van der Waals surface area (Å²) in [4.78, 5) is 0. The summed E-state index contributed by atoms with van der Waals surface area (Å²) in [6, 6.07) is 0. The molecule has 3 rings (SSSR count). The molecule has 9 heteroatoms. The Labute approximate surface area is 178 Å². The summed E-state index contributed by atoms with van der Waals surface area (Å²) in [7, 11) is 0. The van der Waals surface area contributed by atoms with Crippen LogP contribution in [-0.2, 0) is 14.2 Å². The summed E-state index contributed by atoms with van der Waals surface area (Å²) in [5, 5.41) is 55.0. The first-order valence-electron chi connectivity index (χ1n) is 10.9. The molecule has 0 aromatic rings. The van der Waals surface area contributed by atoms with Crippen LogP contribution in [-0.4, -0.2) is 108 Å². The first-order valence-corrected chi connectivity index (χ1v) is 10.9. The van der Waals surface area contributed by atoms with E-state index in [0.717, 1.165) is 39.1 Å². The number of ether oxygens (including phenoxy) is 3. The molecule has 6 N–H and O–H groups in total. The third kappa shape index (κ3) is 7.65. The summed E-state index contributed by atoms with van der Waals surface area (Å²) >= 11 is 0. The van der Waals surface area contributed by atoms with Crippen molar-refractivity contribution in [3.05, 3.63) is 0 Å². The first kappa shape index (κ1) is 25.9. The highest BCUT2D eigenvalue weighted by atomic mass is 16.6. The van der Waals surface area contributed by atoms with Crippen molar-refractivity contribution in [2.75, 3.05) is 59.5 Å². The standard InChI is InChI=1S/C15H26O6.C6H14O3/c16-8-15(9-17,10-18)7-14(1-11-4-19-11,2-12-5-20-12)3-13-6-21-13;1-2-6(3-7,4-8)5-9/h11-13,16-18H,1-10H2;7-9H,2-5H2,1H3. The molecule has 0 aromatic heterocycles. The van der Waals surface area contributed by atoms with Gasteiger partial charge in [-0.3, -0.25) is 0 Å². The van der Waals surface area contributed by atoms with E-state index in [-0.39, 0.29) is 63.4 Å². The SMILES string of the molecule is CCC(CO)(CO)CO.OCC(CO)(CO)CC(CC1CO1)(CC1CO1)CC1CO1. The predicted octanol–water partition coefficient (Wildman–Crippen LogP) is -0.947. The Bertz CT molecular complexity index is 419. The molecule has 30 heavy (non-hydrogen) atoms. The Morgan fingerprint density at radius 3 is 1.03 bits per heavy atom. The van der Waals surface area contributed by atoms with Crippen molar-refractivity contribution >= 4 is 0 Å². The van der Waals surface area contributed by atoms with Gasteiger partial charge in [-0.1, -0.05) is 6.92 Å². The Kier molecular flexibility index (Phi) is 9.92. The highest BCUT2D eigenvalue weighted by Crippen LogP contribution is 2.50. The van der Waals surface area contributed by atoms with Gasteiger partial charge in [0.2, 0.25) is 0 Å². The second kappa shape index (κ2) is 11.5. The van der Waals surface area contributed by atoms with E-state index in [4.69, 9.17) is 29.5 Å². The lowest BCUT2D eigenvalue weighted by Gasteiger charge is -2.41. The van der Waals surface area contributed by atoms with Crippen LogP contribution in [0, 0.1) is 16.2 Å². The second-order valence-corrected chi connectivity index (χ2v) is 9.46. The molecule has 178 valence electrons.